The average molecular weight is 400 g/mol. The molecule has 1 aliphatic rings. The van der Waals surface area contributed by atoms with Crippen molar-refractivity contribution in [2.24, 2.45) is 0 Å². The van der Waals surface area contributed by atoms with Crippen LogP contribution < -0.4 is 0 Å². The van der Waals surface area contributed by atoms with E-state index in [1.807, 2.05) is 22.6 Å². The van der Waals surface area contributed by atoms with Gasteiger partial charge in [0.15, 0.2) is 12.2 Å². The van der Waals surface area contributed by atoms with Crippen LogP contribution in [0.3, 0.4) is 0 Å². The second-order valence-corrected chi connectivity index (χ2v) is 5.78. The molecule has 1 rings (SSSR count). The molecule has 0 spiro atoms. The number of hydrogen-bond acceptors (Lipinski definition) is 7. The van der Waals surface area contributed by atoms with Crippen LogP contribution in [0, 0.1) is 0 Å². The van der Waals surface area contributed by atoms with Gasteiger partial charge in [-0.2, -0.15) is 0 Å². The molecule has 0 aromatic rings. The highest BCUT2D eigenvalue weighted by Gasteiger charge is 2.43. The van der Waals surface area contributed by atoms with Gasteiger partial charge in [-0.25, -0.2) is 0 Å². The predicted octanol–water partition coefficient (Wildman–Crippen LogP) is 0.615. The topological polar surface area (TPSA) is 88.1 Å². The van der Waals surface area contributed by atoms with Gasteiger partial charge in [-0.3, -0.25) is 14.4 Å². The Bertz CT molecular complexity index is 384. The van der Waals surface area contributed by atoms with Gasteiger partial charge in [0.2, 0.25) is 0 Å². The van der Waals surface area contributed by atoms with E-state index in [0.717, 1.165) is 0 Å². The lowest BCUT2D eigenvalue weighted by Gasteiger charge is -2.38. The van der Waals surface area contributed by atoms with Crippen molar-refractivity contribution in [1.29, 1.82) is 0 Å². The number of carbonyl (C=O) groups excluding carboxylic acids is 3. The lowest BCUT2D eigenvalue weighted by atomic mass is 10.0. The molecule has 1 fully saturated rings. The molecule has 0 unspecified atom stereocenters. The van der Waals surface area contributed by atoms with Crippen molar-refractivity contribution < 1.29 is 33.3 Å². The van der Waals surface area contributed by atoms with Crippen LogP contribution in [0.25, 0.3) is 0 Å². The third kappa shape index (κ3) is 5.23. The van der Waals surface area contributed by atoms with Gasteiger partial charge >= 0.3 is 17.9 Å². The first-order valence-electron chi connectivity index (χ1n) is 6.04. The van der Waals surface area contributed by atoms with Crippen molar-refractivity contribution in [3.63, 3.8) is 0 Å². The monoisotopic (exact) mass is 400 g/mol. The molecule has 1 aliphatic heterocycles. The molecule has 0 amide bonds. The fraction of sp³-hybridized carbons (Fsp3) is 0.750. The molecular weight excluding hydrogens is 383 g/mol. The van der Waals surface area contributed by atoms with Gasteiger partial charge in [-0.05, 0) is 0 Å². The van der Waals surface area contributed by atoms with Crippen molar-refractivity contribution in [3.8, 4) is 0 Å². The molecule has 1 heterocycles. The van der Waals surface area contributed by atoms with E-state index in [2.05, 4.69) is 0 Å². The first kappa shape index (κ1) is 17.2. The zero-order valence-corrected chi connectivity index (χ0v) is 13.6. The molecule has 20 heavy (non-hydrogen) atoms. The molecule has 0 radical (unpaired) electrons. The standard InChI is InChI=1S/C12H17IO7/c1-6(14)17-4-9-11(13)12(20-8(3)16)10(5-18-9)19-7(2)15/h9-12H,4-5H2,1-3H3/t9-,10-,11-,12-/m1/s1. The number of esters is 3. The summed E-state index contributed by atoms with van der Waals surface area (Å²) in [4.78, 5) is 33.1. The van der Waals surface area contributed by atoms with Crippen molar-refractivity contribution in [2.75, 3.05) is 13.2 Å². The number of rotatable bonds is 4. The predicted molar refractivity (Wildman–Crippen MR) is 75.3 cm³/mol. The van der Waals surface area contributed by atoms with E-state index < -0.39 is 36.2 Å². The minimum absolute atomic E-state index is 0.0630. The molecule has 114 valence electrons. The Hall–Kier alpha value is -0.900. The van der Waals surface area contributed by atoms with Crippen LogP contribution >= 0.6 is 22.6 Å². The summed E-state index contributed by atoms with van der Waals surface area (Å²) in [6.45, 7) is 4.01. The Morgan fingerprint density at radius 1 is 1.10 bits per heavy atom. The van der Waals surface area contributed by atoms with Gasteiger partial charge in [0.1, 0.15) is 12.7 Å². The number of carbonyl (C=O) groups is 3. The second-order valence-electron chi connectivity index (χ2n) is 4.34. The molecule has 0 N–H and O–H groups in total. The highest BCUT2D eigenvalue weighted by atomic mass is 127. The molecule has 1 saturated heterocycles. The van der Waals surface area contributed by atoms with Crippen molar-refractivity contribution >= 4 is 40.5 Å². The molecule has 0 saturated carbocycles. The number of ether oxygens (including phenoxy) is 4. The quantitative estimate of drug-likeness (QED) is 0.296. The van der Waals surface area contributed by atoms with E-state index in [1.54, 1.807) is 0 Å². The molecule has 0 aromatic carbocycles. The summed E-state index contributed by atoms with van der Waals surface area (Å²) in [5.41, 5.74) is 0. The molecule has 0 aliphatic carbocycles. The van der Waals surface area contributed by atoms with E-state index in [-0.39, 0.29) is 17.1 Å². The van der Waals surface area contributed by atoms with Crippen LogP contribution in [0.5, 0.6) is 0 Å². The van der Waals surface area contributed by atoms with Crippen molar-refractivity contribution in [1.82, 2.24) is 0 Å². The van der Waals surface area contributed by atoms with Gasteiger partial charge in [0, 0.05) is 20.8 Å². The van der Waals surface area contributed by atoms with Crippen LogP contribution in [0.4, 0.5) is 0 Å². The Balaban J connectivity index is 2.73. The van der Waals surface area contributed by atoms with Gasteiger partial charge < -0.3 is 18.9 Å². The van der Waals surface area contributed by atoms with Gasteiger partial charge in [-0.15, -0.1) is 0 Å². The van der Waals surface area contributed by atoms with E-state index in [4.69, 9.17) is 18.9 Å². The lowest BCUT2D eigenvalue weighted by Crippen LogP contribution is -2.54. The second kappa shape index (κ2) is 7.77. The Kier molecular flexibility index (Phi) is 6.66. The summed E-state index contributed by atoms with van der Waals surface area (Å²) < 4.78 is 20.4. The summed E-state index contributed by atoms with van der Waals surface area (Å²) >= 11 is 2.04. The third-order valence-corrected chi connectivity index (χ3v) is 4.09. The fourth-order valence-corrected chi connectivity index (χ4v) is 2.83. The van der Waals surface area contributed by atoms with E-state index in [1.165, 1.54) is 20.8 Å². The highest BCUT2D eigenvalue weighted by Crippen LogP contribution is 2.27. The van der Waals surface area contributed by atoms with Crippen LogP contribution in [-0.4, -0.2) is 53.4 Å². The first-order valence-corrected chi connectivity index (χ1v) is 7.29. The maximum absolute atomic E-state index is 11.2. The normalized spacial score (nSPS) is 29.4. The van der Waals surface area contributed by atoms with E-state index >= 15 is 0 Å². The minimum atomic E-state index is -0.660. The summed E-state index contributed by atoms with van der Waals surface area (Å²) in [6.07, 6.45) is -1.71. The summed E-state index contributed by atoms with van der Waals surface area (Å²) in [6, 6.07) is 0. The first-order chi connectivity index (χ1) is 9.31. The molecule has 8 heteroatoms. The average Bonchev–Trinajstić information content (AvgIpc) is 2.31. The van der Waals surface area contributed by atoms with Crippen LogP contribution in [-0.2, 0) is 33.3 Å². The van der Waals surface area contributed by atoms with Crippen LogP contribution in [0.2, 0.25) is 0 Å². The highest BCUT2D eigenvalue weighted by molar-refractivity contribution is 14.1. The Morgan fingerprint density at radius 3 is 2.20 bits per heavy atom. The maximum Gasteiger partial charge on any atom is 0.303 e. The SMILES string of the molecule is CC(=O)OC[C@H]1OC[C@@H](OC(C)=O)[C@@H](OC(C)=O)[C@@H]1I. The summed E-state index contributed by atoms with van der Waals surface area (Å²) in [5, 5.41) is 0. The Labute approximate surface area is 130 Å². The minimum Gasteiger partial charge on any atom is -0.463 e. The largest absolute Gasteiger partial charge is 0.463 e. The zero-order valence-electron chi connectivity index (χ0n) is 11.5. The third-order valence-electron chi connectivity index (χ3n) is 2.58. The van der Waals surface area contributed by atoms with Crippen LogP contribution in [0.15, 0.2) is 0 Å². The lowest BCUT2D eigenvalue weighted by molar-refractivity contribution is -0.188. The zero-order chi connectivity index (χ0) is 15.3. The van der Waals surface area contributed by atoms with Crippen molar-refractivity contribution in [3.05, 3.63) is 0 Å². The molecule has 0 aromatic heterocycles. The fourth-order valence-electron chi connectivity index (χ4n) is 1.81. The number of halogens is 1. The molecule has 4 atom stereocenters. The van der Waals surface area contributed by atoms with Crippen molar-refractivity contribution in [2.45, 2.75) is 43.0 Å². The smallest absolute Gasteiger partial charge is 0.303 e. The number of alkyl halides is 1. The van der Waals surface area contributed by atoms with E-state index in [9.17, 15) is 14.4 Å². The molecular formula is C12H17IO7. The van der Waals surface area contributed by atoms with Gasteiger partial charge in [0.25, 0.3) is 0 Å². The summed E-state index contributed by atoms with van der Waals surface area (Å²) in [5.74, 6) is -1.36. The molecule has 7 nitrogen and oxygen atoms in total. The van der Waals surface area contributed by atoms with Crippen LogP contribution in [0.1, 0.15) is 20.8 Å². The van der Waals surface area contributed by atoms with Gasteiger partial charge in [0.05, 0.1) is 10.5 Å². The molecule has 0 bridgehead atoms. The Morgan fingerprint density at radius 2 is 1.70 bits per heavy atom. The number of hydrogen-bond donors (Lipinski definition) is 0. The van der Waals surface area contributed by atoms with Gasteiger partial charge in [-0.1, -0.05) is 22.6 Å². The maximum atomic E-state index is 11.2. The summed E-state index contributed by atoms with van der Waals surface area (Å²) in [7, 11) is 0. The van der Waals surface area contributed by atoms with E-state index in [0.29, 0.717) is 0 Å².